The third-order valence-corrected chi connectivity index (χ3v) is 6.60. The smallest absolute Gasteiger partial charge is 0.0730 e. The number of likely N-dealkylation sites (N-methyl/N-ethyl adjacent to an activating group) is 1. The van der Waals surface area contributed by atoms with Gasteiger partial charge >= 0.3 is 0 Å². The van der Waals surface area contributed by atoms with Crippen LogP contribution in [0, 0.1) is 0 Å². The Labute approximate surface area is 199 Å². The summed E-state index contributed by atoms with van der Waals surface area (Å²) in [5.74, 6) is 0. The standard InChI is InChI=1S/C28H39N5/c1-31(2)17-9-5-4-8-16-29-28-22-27(30-26-11-7-6-10-25(26)28)23-12-14-24(15-13-23)33-20-18-32(3)19-21-33/h6-7,10-15,22H,4-5,8-9,16-21H2,1-3H3,(H,29,30). The second-order valence-corrected chi connectivity index (χ2v) is 9.55. The Kier molecular flexibility index (Phi) is 8.19. The number of benzene rings is 2. The summed E-state index contributed by atoms with van der Waals surface area (Å²) in [5, 5.41) is 4.90. The third kappa shape index (κ3) is 6.46. The molecule has 0 spiro atoms. The first-order valence-electron chi connectivity index (χ1n) is 12.4. The first-order valence-corrected chi connectivity index (χ1v) is 12.4. The SMILES string of the molecule is CN(C)CCCCCCNc1cc(-c2ccc(N3CCN(C)CC3)cc2)nc2ccccc12. The molecule has 1 aliphatic heterocycles. The van der Waals surface area contributed by atoms with Crippen LogP contribution in [0.25, 0.3) is 22.2 Å². The summed E-state index contributed by atoms with van der Waals surface area (Å²) in [4.78, 5) is 12.1. The molecule has 0 unspecified atom stereocenters. The summed E-state index contributed by atoms with van der Waals surface area (Å²) in [6.07, 6.45) is 5.03. The van der Waals surface area contributed by atoms with Crippen LogP contribution in [-0.2, 0) is 0 Å². The van der Waals surface area contributed by atoms with Crippen LogP contribution >= 0.6 is 0 Å². The number of hydrogen-bond acceptors (Lipinski definition) is 5. The fraction of sp³-hybridized carbons (Fsp3) is 0.464. The second kappa shape index (κ2) is 11.5. The highest BCUT2D eigenvalue weighted by Gasteiger charge is 2.14. The summed E-state index contributed by atoms with van der Waals surface area (Å²) in [7, 11) is 6.49. The van der Waals surface area contributed by atoms with E-state index in [0.717, 1.165) is 43.9 Å². The highest BCUT2D eigenvalue weighted by Crippen LogP contribution is 2.29. The molecule has 5 heteroatoms. The van der Waals surface area contributed by atoms with Gasteiger partial charge in [0.1, 0.15) is 0 Å². The number of aromatic nitrogens is 1. The zero-order valence-electron chi connectivity index (χ0n) is 20.6. The first kappa shape index (κ1) is 23.5. The maximum Gasteiger partial charge on any atom is 0.0730 e. The van der Waals surface area contributed by atoms with Crippen LogP contribution in [0.15, 0.2) is 54.6 Å². The van der Waals surface area contributed by atoms with Gasteiger partial charge < -0.3 is 20.0 Å². The third-order valence-electron chi connectivity index (χ3n) is 6.60. The van der Waals surface area contributed by atoms with Gasteiger partial charge in [-0.2, -0.15) is 0 Å². The van der Waals surface area contributed by atoms with E-state index >= 15 is 0 Å². The molecule has 0 aliphatic carbocycles. The number of piperazine rings is 1. The molecule has 1 aromatic heterocycles. The molecule has 0 atom stereocenters. The Morgan fingerprint density at radius 1 is 0.879 bits per heavy atom. The Morgan fingerprint density at radius 3 is 2.36 bits per heavy atom. The molecule has 1 N–H and O–H groups in total. The minimum Gasteiger partial charge on any atom is -0.384 e. The number of pyridine rings is 1. The molecule has 4 rings (SSSR count). The Morgan fingerprint density at radius 2 is 1.61 bits per heavy atom. The van der Waals surface area contributed by atoms with E-state index in [1.807, 2.05) is 0 Å². The summed E-state index contributed by atoms with van der Waals surface area (Å²) in [6, 6.07) is 19.6. The van der Waals surface area contributed by atoms with Crippen LogP contribution in [-0.4, -0.2) is 75.2 Å². The van der Waals surface area contributed by atoms with E-state index in [9.17, 15) is 0 Å². The van der Waals surface area contributed by atoms with Gasteiger partial charge in [-0.15, -0.1) is 0 Å². The van der Waals surface area contributed by atoms with E-state index in [2.05, 4.69) is 95.8 Å². The lowest BCUT2D eigenvalue weighted by Crippen LogP contribution is -2.44. The Bertz CT molecular complexity index is 1010. The topological polar surface area (TPSA) is 34.6 Å². The molecule has 0 radical (unpaired) electrons. The fourth-order valence-electron chi connectivity index (χ4n) is 4.51. The molecule has 1 saturated heterocycles. The number of rotatable bonds is 10. The van der Waals surface area contributed by atoms with Gasteiger partial charge in [-0.1, -0.05) is 43.2 Å². The predicted octanol–water partition coefficient (Wildman–Crippen LogP) is 5.19. The maximum atomic E-state index is 4.98. The summed E-state index contributed by atoms with van der Waals surface area (Å²) in [6.45, 7) is 6.61. The van der Waals surface area contributed by atoms with Gasteiger partial charge in [-0.3, -0.25) is 0 Å². The number of unbranched alkanes of at least 4 members (excludes halogenated alkanes) is 3. The van der Waals surface area contributed by atoms with Crippen molar-refractivity contribution in [2.24, 2.45) is 0 Å². The van der Waals surface area contributed by atoms with E-state index in [1.165, 1.54) is 54.6 Å². The monoisotopic (exact) mass is 445 g/mol. The predicted molar refractivity (Wildman–Crippen MR) is 142 cm³/mol. The van der Waals surface area contributed by atoms with Crippen molar-refractivity contribution in [1.29, 1.82) is 0 Å². The number of nitrogens with zero attached hydrogens (tertiary/aromatic N) is 4. The van der Waals surface area contributed by atoms with Gasteiger partial charge in [0.05, 0.1) is 11.2 Å². The molecule has 3 aromatic rings. The average Bonchev–Trinajstić information content (AvgIpc) is 2.83. The van der Waals surface area contributed by atoms with Crippen LogP contribution in [0.4, 0.5) is 11.4 Å². The molecule has 176 valence electrons. The van der Waals surface area contributed by atoms with Crippen molar-refractivity contribution in [3.05, 3.63) is 54.6 Å². The normalized spacial score (nSPS) is 14.8. The summed E-state index contributed by atoms with van der Waals surface area (Å²) < 4.78 is 0. The Balaban J connectivity index is 1.43. The lowest BCUT2D eigenvalue weighted by Gasteiger charge is -2.34. The van der Waals surface area contributed by atoms with Crippen molar-refractivity contribution in [3.63, 3.8) is 0 Å². The molecule has 2 heterocycles. The van der Waals surface area contributed by atoms with E-state index < -0.39 is 0 Å². The van der Waals surface area contributed by atoms with Crippen LogP contribution in [0.3, 0.4) is 0 Å². The largest absolute Gasteiger partial charge is 0.384 e. The van der Waals surface area contributed by atoms with Crippen molar-refractivity contribution in [2.75, 3.05) is 70.6 Å². The zero-order chi connectivity index (χ0) is 23.0. The Hall–Kier alpha value is -2.63. The van der Waals surface area contributed by atoms with Crippen LogP contribution < -0.4 is 10.2 Å². The number of para-hydroxylation sites is 1. The van der Waals surface area contributed by atoms with Gasteiger partial charge in [-0.05, 0) is 64.8 Å². The van der Waals surface area contributed by atoms with E-state index in [-0.39, 0.29) is 0 Å². The molecule has 1 fully saturated rings. The van der Waals surface area contributed by atoms with E-state index in [0.29, 0.717) is 0 Å². The van der Waals surface area contributed by atoms with E-state index in [1.54, 1.807) is 0 Å². The summed E-state index contributed by atoms with van der Waals surface area (Å²) >= 11 is 0. The molecule has 0 saturated carbocycles. The quantitative estimate of drug-likeness (QED) is 0.435. The minimum atomic E-state index is 0.998. The van der Waals surface area contributed by atoms with Gasteiger partial charge in [-0.25, -0.2) is 4.98 Å². The van der Waals surface area contributed by atoms with Crippen molar-refractivity contribution >= 4 is 22.3 Å². The van der Waals surface area contributed by atoms with Crippen molar-refractivity contribution in [3.8, 4) is 11.3 Å². The molecule has 0 bridgehead atoms. The average molecular weight is 446 g/mol. The van der Waals surface area contributed by atoms with Crippen molar-refractivity contribution in [2.45, 2.75) is 25.7 Å². The molecule has 2 aromatic carbocycles. The molecule has 5 nitrogen and oxygen atoms in total. The van der Waals surface area contributed by atoms with Crippen LogP contribution in [0.2, 0.25) is 0 Å². The second-order valence-electron chi connectivity index (χ2n) is 9.55. The molecule has 33 heavy (non-hydrogen) atoms. The minimum absolute atomic E-state index is 0.998. The number of hydrogen-bond donors (Lipinski definition) is 1. The van der Waals surface area contributed by atoms with E-state index in [4.69, 9.17) is 4.98 Å². The maximum absolute atomic E-state index is 4.98. The molecular weight excluding hydrogens is 406 g/mol. The van der Waals surface area contributed by atoms with Gasteiger partial charge in [0.25, 0.3) is 0 Å². The highest BCUT2D eigenvalue weighted by molar-refractivity contribution is 5.93. The lowest BCUT2D eigenvalue weighted by atomic mass is 10.1. The van der Waals surface area contributed by atoms with Gasteiger partial charge in [0, 0.05) is 55.0 Å². The molecule has 1 aliphatic rings. The van der Waals surface area contributed by atoms with Crippen LogP contribution in [0.1, 0.15) is 25.7 Å². The number of anilines is 2. The lowest BCUT2D eigenvalue weighted by molar-refractivity contribution is 0.313. The molecular formula is C28H39N5. The first-order chi connectivity index (χ1) is 16.1. The molecule has 0 amide bonds. The van der Waals surface area contributed by atoms with Gasteiger partial charge in [0.2, 0.25) is 0 Å². The number of fused-ring (bicyclic) bond motifs is 1. The zero-order valence-corrected chi connectivity index (χ0v) is 20.6. The van der Waals surface area contributed by atoms with Crippen molar-refractivity contribution in [1.82, 2.24) is 14.8 Å². The van der Waals surface area contributed by atoms with Gasteiger partial charge in [0.15, 0.2) is 0 Å². The highest BCUT2D eigenvalue weighted by atomic mass is 15.2. The van der Waals surface area contributed by atoms with Crippen LogP contribution in [0.5, 0.6) is 0 Å². The summed E-state index contributed by atoms with van der Waals surface area (Å²) in [5.41, 5.74) is 5.75. The number of nitrogens with one attached hydrogen (secondary N) is 1. The fourth-order valence-corrected chi connectivity index (χ4v) is 4.51. The van der Waals surface area contributed by atoms with Crippen molar-refractivity contribution < 1.29 is 0 Å².